The monoisotopic (exact) mass is 341 g/mol. The van der Waals surface area contributed by atoms with Gasteiger partial charge in [0.2, 0.25) is 5.91 Å². The van der Waals surface area contributed by atoms with E-state index in [0.717, 1.165) is 43.8 Å². The zero-order valence-electron chi connectivity index (χ0n) is 13.3. The Kier molecular flexibility index (Phi) is 7.45. The molecule has 128 valence electrons. The lowest BCUT2D eigenvalue weighted by Gasteiger charge is -2.33. The van der Waals surface area contributed by atoms with E-state index in [1.54, 1.807) is 12.1 Å². The van der Waals surface area contributed by atoms with Gasteiger partial charge in [-0.25, -0.2) is 0 Å². The van der Waals surface area contributed by atoms with E-state index in [-0.39, 0.29) is 24.0 Å². The van der Waals surface area contributed by atoms with Gasteiger partial charge in [-0.2, -0.15) is 0 Å². The van der Waals surface area contributed by atoms with Crippen molar-refractivity contribution in [2.45, 2.75) is 38.6 Å². The van der Waals surface area contributed by atoms with E-state index in [2.05, 4.69) is 6.92 Å². The third-order valence-electron chi connectivity index (χ3n) is 4.42. The first-order chi connectivity index (χ1) is 10.5. The van der Waals surface area contributed by atoms with Crippen molar-refractivity contribution in [3.63, 3.8) is 0 Å². The van der Waals surface area contributed by atoms with Crippen molar-refractivity contribution in [2.75, 3.05) is 13.1 Å². The Labute approximate surface area is 142 Å². The van der Waals surface area contributed by atoms with Crippen LogP contribution in [0.5, 0.6) is 0 Å². The Hall–Kier alpha value is -1.66. The number of nitro groups is 1. The van der Waals surface area contributed by atoms with Gasteiger partial charge in [-0.1, -0.05) is 25.5 Å². The summed E-state index contributed by atoms with van der Waals surface area (Å²) in [5.41, 5.74) is 6.91. The highest BCUT2D eigenvalue weighted by molar-refractivity contribution is 5.85. The highest BCUT2D eigenvalue weighted by Crippen LogP contribution is 2.21. The molecule has 0 radical (unpaired) electrons. The second-order valence-corrected chi connectivity index (χ2v) is 5.91. The number of hydrogen-bond donors (Lipinski definition) is 1. The van der Waals surface area contributed by atoms with Crippen molar-refractivity contribution in [1.29, 1.82) is 0 Å². The van der Waals surface area contributed by atoms with Gasteiger partial charge in [0.1, 0.15) is 0 Å². The summed E-state index contributed by atoms with van der Waals surface area (Å²) in [6, 6.07) is 5.63. The molecule has 6 nitrogen and oxygen atoms in total. The van der Waals surface area contributed by atoms with Crippen LogP contribution < -0.4 is 5.73 Å². The molecular weight excluding hydrogens is 318 g/mol. The van der Waals surface area contributed by atoms with Gasteiger partial charge in [0.25, 0.3) is 5.69 Å². The Morgan fingerprint density at radius 1 is 1.35 bits per heavy atom. The zero-order valence-corrected chi connectivity index (χ0v) is 14.1. The van der Waals surface area contributed by atoms with Gasteiger partial charge in [0.05, 0.1) is 11.0 Å². The fourth-order valence-corrected chi connectivity index (χ4v) is 2.89. The summed E-state index contributed by atoms with van der Waals surface area (Å²) >= 11 is 0. The minimum atomic E-state index is -0.584. The zero-order chi connectivity index (χ0) is 16.1. The molecule has 7 heteroatoms. The maximum atomic E-state index is 12.4. The first-order valence-electron chi connectivity index (χ1n) is 7.79. The van der Waals surface area contributed by atoms with Crippen LogP contribution in [-0.2, 0) is 11.2 Å². The van der Waals surface area contributed by atoms with Crippen molar-refractivity contribution in [2.24, 2.45) is 11.7 Å². The van der Waals surface area contributed by atoms with Crippen LogP contribution in [-0.4, -0.2) is 34.9 Å². The van der Waals surface area contributed by atoms with Gasteiger partial charge in [0, 0.05) is 25.2 Å². The molecule has 2 N–H and O–H groups in total. The summed E-state index contributed by atoms with van der Waals surface area (Å²) in [5.74, 6) is 0.697. The standard InChI is InChI=1S/C16H23N3O3.ClH/c1-2-12-7-9-18(10-8-12)16(20)15(17)11-13-3-5-14(6-4-13)19(21)22;/h3-6,12,15H,2,7-11,17H2,1H3;1H. The molecule has 1 unspecified atom stereocenters. The van der Waals surface area contributed by atoms with E-state index in [9.17, 15) is 14.9 Å². The molecule has 0 spiro atoms. The quantitative estimate of drug-likeness (QED) is 0.658. The highest BCUT2D eigenvalue weighted by Gasteiger charge is 2.25. The maximum Gasteiger partial charge on any atom is 0.269 e. The van der Waals surface area contributed by atoms with E-state index in [4.69, 9.17) is 5.73 Å². The molecule has 0 saturated carbocycles. The van der Waals surface area contributed by atoms with E-state index in [1.807, 2.05) is 4.90 Å². The number of carbonyl (C=O) groups is 1. The average Bonchev–Trinajstić information content (AvgIpc) is 2.54. The number of amides is 1. The summed E-state index contributed by atoms with van der Waals surface area (Å²) in [6.07, 6.45) is 3.67. The summed E-state index contributed by atoms with van der Waals surface area (Å²) in [4.78, 5) is 24.4. The molecule has 1 amide bonds. The SMILES string of the molecule is CCC1CCN(C(=O)C(N)Cc2ccc([N+](=O)[O-])cc2)CC1.Cl. The van der Waals surface area contributed by atoms with Crippen molar-refractivity contribution < 1.29 is 9.72 Å². The molecule has 23 heavy (non-hydrogen) atoms. The molecule has 1 heterocycles. The Balaban J connectivity index is 0.00000264. The fraction of sp³-hybridized carbons (Fsp3) is 0.562. The topological polar surface area (TPSA) is 89.5 Å². The van der Waals surface area contributed by atoms with Crippen LogP contribution in [0.1, 0.15) is 31.7 Å². The highest BCUT2D eigenvalue weighted by atomic mass is 35.5. The van der Waals surface area contributed by atoms with Gasteiger partial charge >= 0.3 is 0 Å². The summed E-state index contributed by atoms with van der Waals surface area (Å²) < 4.78 is 0. The number of carbonyl (C=O) groups excluding carboxylic acids is 1. The third kappa shape index (κ3) is 5.18. The summed E-state index contributed by atoms with van der Waals surface area (Å²) in [6.45, 7) is 3.75. The molecule has 1 aliphatic heterocycles. The summed E-state index contributed by atoms with van der Waals surface area (Å²) in [5, 5.41) is 10.6. The summed E-state index contributed by atoms with van der Waals surface area (Å²) in [7, 11) is 0. The van der Waals surface area contributed by atoms with Crippen LogP contribution in [0.25, 0.3) is 0 Å². The molecule has 0 bridgehead atoms. The first kappa shape index (κ1) is 19.4. The molecule has 1 aromatic carbocycles. The van der Waals surface area contributed by atoms with Gasteiger partial charge in [-0.3, -0.25) is 14.9 Å². The minimum Gasteiger partial charge on any atom is -0.341 e. The molecule has 1 aromatic rings. The van der Waals surface area contributed by atoms with Gasteiger partial charge in [-0.05, 0) is 30.7 Å². The van der Waals surface area contributed by atoms with Crippen molar-refractivity contribution >= 4 is 24.0 Å². The number of non-ortho nitro benzene ring substituents is 1. The van der Waals surface area contributed by atoms with E-state index in [1.165, 1.54) is 12.1 Å². The van der Waals surface area contributed by atoms with Crippen LogP contribution in [0.3, 0.4) is 0 Å². The van der Waals surface area contributed by atoms with E-state index >= 15 is 0 Å². The predicted molar refractivity (Wildman–Crippen MR) is 91.6 cm³/mol. The van der Waals surface area contributed by atoms with Crippen molar-refractivity contribution in [3.8, 4) is 0 Å². The second kappa shape index (κ2) is 8.84. The van der Waals surface area contributed by atoms with Crippen LogP contribution >= 0.6 is 12.4 Å². The normalized spacial score (nSPS) is 16.5. The molecule has 1 aliphatic rings. The largest absolute Gasteiger partial charge is 0.341 e. The molecule has 0 aliphatic carbocycles. The Morgan fingerprint density at radius 3 is 2.39 bits per heavy atom. The maximum absolute atomic E-state index is 12.4. The number of hydrogen-bond acceptors (Lipinski definition) is 4. The van der Waals surface area contributed by atoms with Crippen molar-refractivity contribution in [3.05, 3.63) is 39.9 Å². The average molecular weight is 342 g/mol. The molecular formula is C16H24ClN3O3. The number of halogens is 1. The fourth-order valence-electron chi connectivity index (χ4n) is 2.89. The predicted octanol–water partition coefficient (Wildman–Crippen LogP) is 2.54. The lowest BCUT2D eigenvalue weighted by molar-refractivity contribution is -0.384. The smallest absolute Gasteiger partial charge is 0.269 e. The molecule has 1 saturated heterocycles. The number of nitrogens with two attached hydrogens (primary N) is 1. The lowest BCUT2D eigenvalue weighted by atomic mass is 9.94. The molecule has 1 fully saturated rings. The number of likely N-dealkylation sites (tertiary alicyclic amines) is 1. The molecule has 1 atom stereocenters. The molecule has 0 aromatic heterocycles. The number of piperidine rings is 1. The number of nitrogens with zero attached hydrogens (tertiary/aromatic N) is 2. The number of benzene rings is 1. The van der Waals surface area contributed by atoms with E-state index in [0.29, 0.717) is 6.42 Å². The van der Waals surface area contributed by atoms with Crippen LogP contribution in [0.4, 0.5) is 5.69 Å². The van der Waals surface area contributed by atoms with Crippen molar-refractivity contribution in [1.82, 2.24) is 4.90 Å². The lowest BCUT2D eigenvalue weighted by Crippen LogP contribution is -2.48. The van der Waals surface area contributed by atoms with Gasteiger partial charge in [0.15, 0.2) is 0 Å². The first-order valence-corrected chi connectivity index (χ1v) is 7.79. The number of nitro benzene ring substituents is 1. The van der Waals surface area contributed by atoms with E-state index < -0.39 is 11.0 Å². The van der Waals surface area contributed by atoms with Gasteiger partial charge in [-0.15, -0.1) is 12.4 Å². The van der Waals surface area contributed by atoms with Crippen LogP contribution in [0, 0.1) is 16.0 Å². The molecule has 2 rings (SSSR count). The Morgan fingerprint density at radius 2 is 1.91 bits per heavy atom. The Bertz CT molecular complexity index is 528. The second-order valence-electron chi connectivity index (χ2n) is 5.91. The van der Waals surface area contributed by atoms with Crippen LogP contribution in [0.2, 0.25) is 0 Å². The number of rotatable bonds is 5. The third-order valence-corrected chi connectivity index (χ3v) is 4.42. The van der Waals surface area contributed by atoms with Gasteiger partial charge < -0.3 is 10.6 Å². The minimum absolute atomic E-state index is 0. The van der Waals surface area contributed by atoms with Crippen LogP contribution in [0.15, 0.2) is 24.3 Å².